The molecule has 1 aliphatic rings. The first-order chi connectivity index (χ1) is 13.8. The fourth-order valence-electron chi connectivity index (χ4n) is 2.97. The van der Waals surface area contributed by atoms with Crippen molar-refractivity contribution in [3.8, 4) is 0 Å². The Bertz CT molecular complexity index is 881. The standard InChI is InChI=1S/C19H23Cl2N5O2S/c1-12(2)22-17(27)10-25-5-7-26(8-6-25)18(28)16-11-29-19(24-16)23-13-3-4-14(20)15(21)9-13/h3-4,9,11-12H,5-8,10H2,1-2H3,(H,22,27)(H,23,24). The number of rotatable bonds is 6. The molecule has 1 aliphatic heterocycles. The molecule has 0 bridgehead atoms. The predicted octanol–water partition coefficient (Wildman–Crippen LogP) is 3.48. The van der Waals surface area contributed by atoms with Gasteiger partial charge in [0.1, 0.15) is 5.69 Å². The lowest BCUT2D eigenvalue weighted by atomic mass is 10.2. The van der Waals surface area contributed by atoms with Crippen LogP contribution in [0.2, 0.25) is 10.0 Å². The molecule has 0 radical (unpaired) electrons. The summed E-state index contributed by atoms with van der Waals surface area (Å²) in [6, 6.07) is 5.33. The van der Waals surface area contributed by atoms with E-state index in [1.54, 1.807) is 28.5 Å². The van der Waals surface area contributed by atoms with Gasteiger partial charge in [0, 0.05) is 43.3 Å². The average Bonchev–Trinajstić information content (AvgIpc) is 3.12. The van der Waals surface area contributed by atoms with E-state index in [-0.39, 0.29) is 17.9 Å². The molecule has 0 aliphatic carbocycles. The van der Waals surface area contributed by atoms with E-state index in [2.05, 4.69) is 20.5 Å². The highest BCUT2D eigenvalue weighted by Crippen LogP contribution is 2.28. The van der Waals surface area contributed by atoms with Gasteiger partial charge in [-0.05, 0) is 32.0 Å². The lowest BCUT2D eigenvalue weighted by Gasteiger charge is -2.34. The Hall–Kier alpha value is -1.87. The Balaban J connectivity index is 1.52. The number of aromatic nitrogens is 1. The number of anilines is 2. The van der Waals surface area contributed by atoms with Crippen LogP contribution >= 0.6 is 34.5 Å². The number of piperazine rings is 1. The molecular weight excluding hydrogens is 433 g/mol. The van der Waals surface area contributed by atoms with Gasteiger partial charge in [-0.2, -0.15) is 0 Å². The van der Waals surface area contributed by atoms with Crippen molar-refractivity contribution in [1.29, 1.82) is 0 Å². The van der Waals surface area contributed by atoms with Crippen molar-refractivity contribution < 1.29 is 9.59 Å². The van der Waals surface area contributed by atoms with E-state index < -0.39 is 0 Å². The number of hydrogen-bond donors (Lipinski definition) is 2. The summed E-state index contributed by atoms with van der Waals surface area (Å²) in [5, 5.41) is 9.30. The van der Waals surface area contributed by atoms with E-state index in [4.69, 9.17) is 23.2 Å². The third-order valence-electron chi connectivity index (χ3n) is 4.37. The van der Waals surface area contributed by atoms with Crippen LogP contribution in [0.25, 0.3) is 0 Å². The fraction of sp³-hybridized carbons (Fsp3) is 0.421. The highest BCUT2D eigenvalue weighted by Gasteiger charge is 2.25. The molecule has 1 aromatic heterocycles. The Morgan fingerprint density at radius 3 is 2.55 bits per heavy atom. The van der Waals surface area contributed by atoms with Gasteiger partial charge in [-0.3, -0.25) is 14.5 Å². The van der Waals surface area contributed by atoms with E-state index in [1.807, 2.05) is 13.8 Å². The Morgan fingerprint density at radius 1 is 1.17 bits per heavy atom. The molecule has 2 aromatic rings. The molecule has 2 heterocycles. The van der Waals surface area contributed by atoms with Gasteiger partial charge in [0.25, 0.3) is 5.91 Å². The van der Waals surface area contributed by atoms with E-state index in [0.717, 1.165) is 5.69 Å². The van der Waals surface area contributed by atoms with Gasteiger partial charge in [0.15, 0.2) is 5.13 Å². The van der Waals surface area contributed by atoms with Crippen molar-refractivity contribution in [2.24, 2.45) is 0 Å². The predicted molar refractivity (Wildman–Crippen MR) is 117 cm³/mol. The van der Waals surface area contributed by atoms with Crippen LogP contribution < -0.4 is 10.6 Å². The minimum absolute atomic E-state index is 0.0114. The van der Waals surface area contributed by atoms with Crippen LogP contribution in [0.15, 0.2) is 23.6 Å². The van der Waals surface area contributed by atoms with Gasteiger partial charge >= 0.3 is 0 Å². The van der Waals surface area contributed by atoms with Crippen LogP contribution in [-0.4, -0.2) is 65.4 Å². The Labute approximate surface area is 184 Å². The summed E-state index contributed by atoms with van der Waals surface area (Å²) in [6.07, 6.45) is 0. The van der Waals surface area contributed by atoms with Crippen molar-refractivity contribution in [1.82, 2.24) is 20.1 Å². The summed E-state index contributed by atoms with van der Waals surface area (Å²) in [4.78, 5) is 32.9. The molecule has 3 rings (SSSR count). The summed E-state index contributed by atoms with van der Waals surface area (Å²) in [5.74, 6) is -0.0907. The smallest absolute Gasteiger partial charge is 0.273 e. The maximum absolute atomic E-state index is 12.7. The maximum Gasteiger partial charge on any atom is 0.273 e. The molecular formula is C19H23Cl2N5O2S. The van der Waals surface area contributed by atoms with Crippen molar-refractivity contribution in [3.05, 3.63) is 39.3 Å². The second-order valence-electron chi connectivity index (χ2n) is 7.08. The molecule has 0 spiro atoms. The third-order valence-corrected chi connectivity index (χ3v) is 5.87. The Morgan fingerprint density at radius 2 is 1.90 bits per heavy atom. The van der Waals surface area contributed by atoms with Gasteiger partial charge in [0.05, 0.1) is 16.6 Å². The molecule has 1 fully saturated rings. The lowest BCUT2D eigenvalue weighted by molar-refractivity contribution is -0.123. The zero-order valence-electron chi connectivity index (χ0n) is 16.2. The quantitative estimate of drug-likeness (QED) is 0.696. The van der Waals surface area contributed by atoms with E-state index in [1.165, 1.54) is 11.3 Å². The SMILES string of the molecule is CC(C)NC(=O)CN1CCN(C(=O)c2csc(Nc3ccc(Cl)c(Cl)c3)n2)CC1. The number of carbonyl (C=O) groups excluding carboxylic acids is 2. The fourth-order valence-corrected chi connectivity index (χ4v) is 3.97. The van der Waals surface area contributed by atoms with E-state index in [9.17, 15) is 9.59 Å². The molecule has 2 amide bonds. The molecule has 2 N–H and O–H groups in total. The van der Waals surface area contributed by atoms with E-state index >= 15 is 0 Å². The van der Waals surface area contributed by atoms with Crippen LogP contribution in [0, 0.1) is 0 Å². The first-order valence-electron chi connectivity index (χ1n) is 9.30. The first kappa shape index (κ1) is 21.8. The summed E-state index contributed by atoms with van der Waals surface area (Å²) < 4.78 is 0. The third kappa shape index (κ3) is 6.05. The number of benzene rings is 1. The topological polar surface area (TPSA) is 77.6 Å². The van der Waals surface area contributed by atoms with Gasteiger partial charge in [-0.1, -0.05) is 23.2 Å². The molecule has 10 heteroatoms. The summed E-state index contributed by atoms with van der Waals surface area (Å²) in [7, 11) is 0. The highest BCUT2D eigenvalue weighted by molar-refractivity contribution is 7.14. The van der Waals surface area contributed by atoms with Crippen molar-refractivity contribution in [2.75, 3.05) is 38.0 Å². The lowest BCUT2D eigenvalue weighted by Crippen LogP contribution is -2.51. The first-order valence-corrected chi connectivity index (χ1v) is 10.9. The number of nitrogens with zero attached hydrogens (tertiary/aromatic N) is 3. The van der Waals surface area contributed by atoms with Crippen LogP contribution in [0.1, 0.15) is 24.3 Å². The van der Waals surface area contributed by atoms with Crippen LogP contribution in [0.5, 0.6) is 0 Å². The molecule has 0 atom stereocenters. The molecule has 1 saturated heterocycles. The summed E-state index contributed by atoms with van der Waals surface area (Å²) >= 11 is 13.3. The minimum atomic E-state index is -0.102. The zero-order valence-corrected chi connectivity index (χ0v) is 18.6. The minimum Gasteiger partial charge on any atom is -0.353 e. The summed E-state index contributed by atoms with van der Waals surface area (Å²) in [5.41, 5.74) is 1.16. The van der Waals surface area contributed by atoms with Crippen molar-refractivity contribution >= 4 is 57.2 Å². The zero-order chi connectivity index (χ0) is 21.0. The van der Waals surface area contributed by atoms with E-state index in [0.29, 0.717) is 53.6 Å². The molecule has 156 valence electrons. The van der Waals surface area contributed by atoms with Gasteiger partial charge in [-0.15, -0.1) is 11.3 Å². The number of thiazole rings is 1. The van der Waals surface area contributed by atoms with Crippen molar-refractivity contribution in [2.45, 2.75) is 19.9 Å². The average molecular weight is 456 g/mol. The number of nitrogens with one attached hydrogen (secondary N) is 2. The van der Waals surface area contributed by atoms with Crippen molar-refractivity contribution in [3.63, 3.8) is 0 Å². The summed E-state index contributed by atoms with van der Waals surface area (Å²) in [6.45, 7) is 6.70. The number of amides is 2. The van der Waals surface area contributed by atoms with Crippen LogP contribution in [-0.2, 0) is 4.79 Å². The highest BCUT2D eigenvalue weighted by atomic mass is 35.5. The van der Waals surface area contributed by atoms with Crippen LogP contribution in [0.3, 0.4) is 0 Å². The van der Waals surface area contributed by atoms with Gasteiger partial charge in [0.2, 0.25) is 5.91 Å². The second-order valence-corrected chi connectivity index (χ2v) is 8.75. The monoisotopic (exact) mass is 455 g/mol. The second kappa shape index (κ2) is 9.75. The van der Waals surface area contributed by atoms with Gasteiger partial charge in [-0.25, -0.2) is 4.98 Å². The number of hydrogen-bond acceptors (Lipinski definition) is 6. The molecule has 1 aromatic carbocycles. The molecule has 0 unspecified atom stereocenters. The van der Waals surface area contributed by atoms with Gasteiger partial charge < -0.3 is 15.5 Å². The molecule has 29 heavy (non-hydrogen) atoms. The largest absolute Gasteiger partial charge is 0.353 e. The molecule has 0 saturated carbocycles. The Kier molecular flexibility index (Phi) is 7.34. The number of carbonyl (C=O) groups is 2. The molecule has 7 nitrogen and oxygen atoms in total. The van der Waals surface area contributed by atoms with Crippen LogP contribution in [0.4, 0.5) is 10.8 Å². The normalized spacial score (nSPS) is 14.9. The number of halogens is 2. The maximum atomic E-state index is 12.7.